The summed E-state index contributed by atoms with van der Waals surface area (Å²) >= 11 is 0. The minimum absolute atomic E-state index is 0.0926. The average Bonchev–Trinajstić information content (AvgIpc) is 2.29. The summed E-state index contributed by atoms with van der Waals surface area (Å²) in [4.78, 5) is 0. The van der Waals surface area contributed by atoms with Gasteiger partial charge in [-0.15, -0.1) is 12.3 Å². The fraction of sp³-hybridized carbons (Fsp3) is 0.385. The SMILES string of the molecule is C#CCCCc1cc(NC)ccc1CO. The van der Waals surface area contributed by atoms with Gasteiger partial charge in [-0.3, -0.25) is 0 Å². The molecular formula is C13H17NO. The normalized spacial score (nSPS) is 9.67. The number of rotatable bonds is 5. The maximum atomic E-state index is 9.18. The zero-order valence-corrected chi connectivity index (χ0v) is 9.09. The molecule has 80 valence electrons. The van der Waals surface area contributed by atoms with Crippen LogP contribution in [0.2, 0.25) is 0 Å². The summed E-state index contributed by atoms with van der Waals surface area (Å²) < 4.78 is 0. The Hall–Kier alpha value is -1.46. The van der Waals surface area contributed by atoms with Crippen LogP contribution in [0, 0.1) is 12.3 Å². The molecule has 0 aliphatic heterocycles. The molecule has 0 fully saturated rings. The lowest BCUT2D eigenvalue weighted by molar-refractivity contribution is 0.280. The zero-order valence-electron chi connectivity index (χ0n) is 9.09. The Morgan fingerprint density at radius 1 is 1.40 bits per heavy atom. The second kappa shape index (κ2) is 6.10. The molecule has 0 saturated carbocycles. The maximum absolute atomic E-state index is 9.18. The van der Waals surface area contributed by atoms with E-state index in [4.69, 9.17) is 6.42 Å². The van der Waals surface area contributed by atoms with Crippen LogP contribution in [-0.2, 0) is 13.0 Å². The Morgan fingerprint density at radius 2 is 2.20 bits per heavy atom. The van der Waals surface area contributed by atoms with E-state index >= 15 is 0 Å². The predicted molar refractivity (Wildman–Crippen MR) is 63.7 cm³/mol. The highest BCUT2D eigenvalue weighted by Crippen LogP contribution is 2.17. The van der Waals surface area contributed by atoms with Crippen molar-refractivity contribution in [3.8, 4) is 12.3 Å². The molecule has 2 nitrogen and oxygen atoms in total. The lowest BCUT2D eigenvalue weighted by Gasteiger charge is -2.09. The van der Waals surface area contributed by atoms with E-state index in [0.717, 1.165) is 30.5 Å². The van der Waals surface area contributed by atoms with Crippen molar-refractivity contribution in [3.05, 3.63) is 29.3 Å². The molecule has 1 aromatic rings. The first kappa shape index (κ1) is 11.6. The van der Waals surface area contributed by atoms with E-state index in [1.807, 2.05) is 19.2 Å². The Kier molecular flexibility index (Phi) is 4.73. The van der Waals surface area contributed by atoms with E-state index in [2.05, 4.69) is 17.3 Å². The van der Waals surface area contributed by atoms with Gasteiger partial charge in [-0.05, 0) is 36.1 Å². The number of hydrogen-bond donors (Lipinski definition) is 2. The van der Waals surface area contributed by atoms with E-state index in [1.165, 1.54) is 5.56 Å². The minimum atomic E-state index is 0.0926. The lowest BCUT2D eigenvalue weighted by Crippen LogP contribution is -1.97. The highest BCUT2D eigenvalue weighted by molar-refractivity contribution is 5.48. The third-order valence-electron chi connectivity index (χ3n) is 2.43. The standard InChI is InChI=1S/C13H17NO/c1-3-4-5-6-11-9-13(14-2)8-7-12(11)10-15/h1,7-9,14-15H,4-6,10H2,2H3. The van der Waals surface area contributed by atoms with Crippen LogP contribution in [-0.4, -0.2) is 12.2 Å². The Bertz CT molecular complexity index is 352. The number of aliphatic hydroxyl groups is 1. The Labute approximate surface area is 91.3 Å². The van der Waals surface area contributed by atoms with Gasteiger partial charge in [0.1, 0.15) is 0 Å². The van der Waals surface area contributed by atoms with Crippen molar-refractivity contribution < 1.29 is 5.11 Å². The van der Waals surface area contributed by atoms with Gasteiger partial charge in [-0.2, -0.15) is 0 Å². The summed E-state index contributed by atoms with van der Waals surface area (Å²) in [5.74, 6) is 2.63. The van der Waals surface area contributed by atoms with Crippen LogP contribution in [0.5, 0.6) is 0 Å². The number of hydrogen-bond acceptors (Lipinski definition) is 2. The molecule has 0 aliphatic rings. The first-order valence-electron chi connectivity index (χ1n) is 5.15. The number of nitrogens with one attached hydrogen (secondary N) is 1. The van der Waals surface area contributed by atoms with Crippen LogP contribution in [0.1, 0.15) is 24.0 Å². The molecule has 0 atom stereocenters. The molecule has 2 heteroatoms. The molecule has 0 spiro atoms. The van der Waals surface area contributed by atoms with Gasteiger partial charge in [-0.1, -0.05) is 6.07 Å². The van der Waals surface area contributed by atoms with Gasteiger partial charge >= 0.3 is 0 Å². The molecule has 1 rings (SSSR count). The molecule has 0 amide bonds. The minimum Gasteiger partial charge on any atom is -0.392 e. The largest absolute Gasteiger partial charge is 0.392 e. The second-order valence-corrected chi connectivity index (χ2v) is 3.45. The van der Waals surface area contributed by atoms with Gasteiger partial charge in [-0.25, -0.2) is 0 Å². The molecule has 0 heterocycles. The topological polar surface area (TPSA) is 32.3 Å². The number of terminal acetylenes is 1. The average molecular weight is 203 g/mol. The first-order chi connectivity index (χ1) is 7.31. The van der Waals surface area contributed by atoms with Crippen LogP contribution in [0.15, 0.2) is 18.2 Å². The fourth-order valence-electron chi connectivity index (χ4n) is 1.55. The van der Waals surface area contributed by atoms with Crippen molar-refractivity contribution in [2.45, 2.75) is 25.9 Å². The third-order valence-corrected chi connectivity index (χ3v) is 2.43. The third kappa shape index (κ3) is 3.30. The smallest absolute Gasteiger partial charge is 0.0684 e. The predicted octanol–water partition coefficient (Wildman–Crippen LogP) is 2.18. The van der Waals surface area contributed by atoms with Crippen molar-refractivity contribution >= 4 is 5.69 Å². The molecule has 0 aromatic heterocycles. The van der Waals surface area contributed by atoms with E-state index in [0.29, 0.717) is 0 Å². The van der Waals surface area contributed by atoms with Crippen molar-refractivity contribution in [1.82, 2.24) is 0 Å². The lowest BCUT2D eigenvalue weighted by atomic mass is 10.0. The zero-order chi connectivity index (χ0) is 11.1. The Balaban J connectivity index is 2.77. The molecule has 0 aliphatic carbocycles. The van der Waals surface area contributed by atoms with Crippen LogP contribution >= 0.6 is 0 Å². The van der Waals surface area contributed by atoms with E-state index < -0.39 is 0 Å². The number of unbranched alkanes of at least 4 members (excludes halogenated alkanes) is 1. The quantitative estimate of drug-likeness (QED) is 0.568. The summed E-state index contributed by atoms with van der Waals surface area (Å²) in [6.07, 6.45) is 7.89. The molecule has 2 N–H and O–H groups in total. The summed E-state index contributed by atoms with van der Waals surface area (Å²) in [6, 6.07) is 6.00. The van der Waals surface area contributed by atoms with Crippen LogP contribution in [0.3, 0.4) is 0 Å². The molecule has 15 heavy (non-hydrogen) atoms. The van der Waals surface area contributed by atoms with E-state index in [9.17, 15) is 5.11 Å². The number of aliphatic hydroxyl groups excluding tert-OH is 1. The van der Waals surface area contributed by atoms with Gasteiger partial charge in [0.05, 0.1) is 6.61 Å². The molecule has 0 saturated heterocycles. The van der Waals surface area contributed by atoms with Crippen molar-refractivity contribution in [1.29, 1.82) is 0 Å². The second-order valence-electron chi connectivity index (χ2n) is 3.45. The van der Waals surface area contributed by atoms with Crippen molar-refractivity contribution in [2.75, 3.05) is 12.4 Å². The summed E-state index contributed by atoms with van der Waals surface area (Å²) in [5.41, 5.74) is 3.24. The van der Waals surface area contributed by atoms with Gasteiger partial charge in [0.15, 0.2) is 0 Å². The van der Waals surface area contributed by atoms with Crippen LogP contribution in [0.25, 0.3) is 0 Å². The highest BCUT2D eigenvalue weighted by Gasteiger charge is 2.02. The number of anilines is 1. The van der Waals surface area contributed by atoms with Gasteiger partial charge in [0, 0.05) is 19.2 Å². The van der Waals surface area contributed by atoms with Crippen molar-refractivity contribution in [2.24, 2.45) is 0 Å². The summed E-state index contributed by atoms with van der Waals surface area (Å²) in [6.45, 7) is 0.0926. The first-order valence-corrected chi connectivity index (χ1v) is 5.15. The van der Waals surface area contributed by atoms with Gasteiger partial charge in [0.25, 0.3) is 0 Å². The van der Waals surface area contributed by atoms with Gasteiger partial charge < -0.3 is 10.4 Å². The van der Waals surface area contributed by atoms with Crippen LogP contribution < -0.4 is 5.32 Å². The molecule has 0 radical (unpaired) electrons. The molecule has 0 unspecified atom stereocenters. The Morgan fingerprint density at radius 3 is 2.80 bits per heavy atom. The summed E-state index contributed by atoms with van der Waals surface area (Å²) in [7, 11) is 1.89. The van der Waals surface area contributed by atoms with Crippen LogP contribution in [0.4, 0.5) is 5.69 Å². The molecular weight excluding hydrogens is 186 g/mol. The maximum Gasteiger partial charge on any atom is 0.0684 e. The van der Waals surface area contributed by atoms with E-state index in [1.54, 1.807) is 0 Å². The monoisotopic (exact) mass is 203 g/mol. The highest BCUT2D eigenvalue weighted by atomic mass is 16.3. The van der Waals surface area contributed by atoms with Crippen molar-refractivity contribution in [3.63, 3.8) is 0 Å². The summed E-state index contributed by atoms with van der Waals surface area (Å²) in [5, 5.41) is 12.3. The van der Waals surface area contributed by atoms with Gasteiger partial charge in [0.2, 0.25) is 0 Å². The van der Waals surface area contributed by atoms with E-state index in [-0.39, 0.29) is 6.61 Å². The molecule has 1 aromatic carbocycles. The molecule has 0 bridgehead atoms. The number of aryl methyl sites for hydroxylation is 1. The number of benzene rings is 1. The fourth-order valence-corrected chi connectivity index (χ4v) is 1.55.